The van der Waals surface area contributed by atoms with Gasteiger partial charge in [-0.05, 0) is 41.1 Å². The van der Waals surface area contributed by atoms with E-state index in [1.165, 1.54) is 0 Å². The van der Waals surface area contributed by atoms with Crippen molar-refractivity contribution in [3.05, 3.63) is 33.3 Å². The van der Waals surface area contributed by atoms with Crippen LogP contribution in [0.4, 0.5) is 0 Å². The lowest BCUT2D eigenvalue weighted by atomic mass is 10.1. The maximum Gasteiger partial charge on any atom is 0.253 e. The Labute approximate surface area is 126 Å². The number of hydrogen-bond acceptors (Lipinski definition) is 2. The molecule has 1 amide bonds. The SMILES string of the molecule is CC1CN(C(=O)c2ccc(Cl)c(Br)c2)CCN1.Cl. The van der Waals surface area contributed by atoms with E-state index in [0.717, 1.165) is 24.1 Å². The first kappa shape index (κ1) is 15.8. The van der Waals surface area contributed by atoms with Gasteiger partial charge in [0.25, 0.3) is 5.91 Å². The Kier molecular flexibility index (Phi) is 5.92. The minimum absolute atomic E-state index is 0. The molecule has 0 radical (unpaired) electrons. The molecule has 0 bridgehead atoms. The molecule has 1 saturated heterocycles. The van der Waals surface area contributed by atoms with Crippen LogP contribution in [0.3, 0.4) is 0 Å². The van der Waals surface area contributed by atoms with Crippen LogP contribution in [0.5, 0.6) is 0 Å². The van der Waals surface area contributed by atoms with E-state index in [2.05, 4.69) is 28.2 Å². The first-order valence-corrected chi connectivity index (χ1v) is 6.72. The predicted molar refractivity (Wildman–Crippen MR) is 79.8 cm³/mol. The number of carbonyl (C=O) groups excluding carboxylic acids is 1. The van der Waals surface area contributed by atoms with Gasteiger partial charge in [0.15, 0.2) is 0 Å². The Morgan fingerprint density at radius 1 is 1.56 bits per heavy atom. The van der Waals surface area contributed by atoms with Crippen LogP contribution in [0.1, 0.15) is 17.3 Å². The van der Waals surface area contributed by atoms with Gasteiger partial charge in [-0.1, -0.05) is 11.6 Å². The fraction of sp³-hybridized carbons (Fsp3) is 0.417. The second-order valence-electron chi connectivity index (χ2n) is 4.24. The van der Waals surface area contributed by atoms with Gasteiger partial charge >= 0.3 is 0 Å². The minimum atomic E-state index is 0. The monoisotopic (exact) mass is 352 g/mol. The fourth-order valence-electron chi connectivity index (χ4n) is 1.93. The second kappa shape index (κ2) is 6.75. The molecule has 0 aliphatic carbocycles. The average molecular weight is 354 g/mol. The van der Waals surface area contributed by atoms with Crippen molar-refractivity contribution in [1.29, 1.82) is 0 Å². The number of halogens is 3. The lowest BCUT2D eigenvalue weighted by molar-refractivity contribution is 0.0709. The lowest BCUT2D eigenvalue weighted by Crippen LogP contribution is -2.51. The largest absolute Gasteiger partial charge is 0.336 e. The molecule has 3 nitrogen and oxygen atoms in total. The minimum Gasteiger partial charge on any atom is -0.336 e. The van der Waals surface area contributed by atoms with Crippen molar-refractivity contribution in [1.82, 2.24) is 10.2 Å². The highest BCUT2D eigenvalue weighted by atomic mass is 79.9. The number of nitrogens with one attached hydrogen (secondary N) is 1. The highest BCUT2D eigenvalue weighted by Crippen LogP contribution is 2.24. The third-order valence-electron chi connectivity index (χ3n) is 2.82. The summed E-state index contributed by atoms with van der Waals surface area (Å²) in [5.41, 5.74) is 0.676. The molecule has 0 aromatic heterocycles. The molecular weight excluding hydrogens is 339 g/mol. The van der Waals surface area contributed by atoms with Crippen LogP contribution in [0, 0.1) is 0 Å². The zero-order valence-electron chi connectivity index (χ0n) is 9.95. The van der Waals surface area contributed by atoms with Crippen molar-refractivity contribution in [2.24, 2.45) is 0 Å². The van der Waals surface area contributed by atoms with Crippen LogP contribution in [0.25, 0.3) is 0 Å². The van der Waals surface area contributed by atoms with Gasteiger partial charge in [0.1, 0.15) is 0 Å². The summed E-state index contributed by atoms with van der Waals surface area (Å²) in [6.07, 6.45) is 0. The molecular formula is C12H15BrCl2N2O. The van der Waals surface area contributed by atoms with Crippen molar-refractivity contribution in [3.63, 3.8) is 0 Å². The Morgan fingerprint density at radius 3 is 2.89 bits per heavy atom. The van der Waals surface area contributed by atoms with E-state index in [1.807, 2.05) is 4.90 Å². The topological polar surface area (TPSA) is 32.3 Å². The van der Waals surface area contributed by atoms with E-state index in [1.54, 1.807) is 18.2 Å². The second-order valence-corrected chi connectivity index (χ2v) is 5.50. The molecule has 0 saturated carbocycles. The van der Waals surface area contributed by atoms with Crippen LogP contribution in [-0.4, -0.2) is 36.5 Å². The van der Waals surface area contributed by atoms with E-state index in [9.17, 15) is 4.79 Å². The fourth-order valence-corrected chi connectivity index (χ4v) is 2.42. The summed E-state index contributed by atoms with van der Waals surface area (Å²) in [6.45, 7) is 4.43. The van der Waals surface area contributed by atoms with E-state index in [0.29, 0.717) is 16.6 Å². The highest BCUT2D eigenvalue weighted by molar-refractivity contribution is 9.10. The van der Waals surface area contributed by atoms with Crippen LogP contribution < -0.4 is 5.32 Å². The van der Waals surface area contributed by atoms with Gasteiger partial charge in [-0.3, -0.25) is 4.79 Å². The quantitative estimate of drug-likeness (QED) is 0.841. The van der Waals surface area contributed by atoms with E-state index >= 15 is 0 Å². The summed E-state index contributed by atoms with van der Waals surface area (Å²) < 4.78 is 0.758. The standard InChI is InChI=1S/C12H14BrClN2O.ClH/c1-8-7-16(5-4-15-8)12(17)9-2-3-11(14)10(13)6-9;/h2-3,6,8,15H,4-5,7H2,1H3;1H. The summed E-state index contributed by atoms with van der Waals surface area (Å²) in [6, 6.07) is 5.63. The zero-order chi connectivity index (χ0) is 12.4. The molecule has 1 N–H and O–H groups in total. The summed E-state index contributed by atoms with van der Waals surface area (Å²) in [5, 5.41) is 3.94. The molecule has 6 heteroatoms. The number of amides is 1. The predicted octanol–water partition coefficient (Wildman–Crippen LogP) is 2.96. The van der Waals surface area contributed by atoms with Gasteiger partial charge in [0, 0.05) is 35.7 Å². The Morgan fingerprint density at radius 2 is 2.28 bits per heavy atom. The molecule has 1 fully saturated rings. The third-order valence-corrected chi connectivity index (χ3v) is 4.04. The van der Waals surface area contributed by atoms with E-state index < -0.39 is 0 Å². The van der Waals surface area contributed by atoms with Gasteiger partial charge in [0.2, 0.25) is 0 Å². The van der Waals surface area contributed by atoms with Gasteiger partial charge in [-0.2, -0.15) is 0 Å². The zero-order valence-corrected chi connectivity index (χ0v) is 13.1. The Balaban J connectivity index is 0.00000162. The molecule has 1 heterocycles. The van der Waals surface area contributed by atoms with Gasteiger partial charge in [-0.25, -0.2) is 0 Å². The smallest absolute Gasteiger partial charge is 0.253 e. The van der Waals surface area contributed by atoms with Gasteiger partial charge in [-0.15, -0.1) is 12.4 Å². The number of nitrogens with zero attached hydrogens (tertiary/aromatic N) is 1. The maximum atomic E-state index is 12.2. The van der Waals surface area contributed by atoms with Crippen LogP contribution in [0.15, 0.2) is 22.7 Å². The first-order valence-electron chi connectivity index (χ1n) is 5.55. The van der Waals surface area contributed by atoms with E-state index in [-0.39, 0.29) is 18.3 Å². The highest BCUT2D eigenvalue weighted by Gasteiger charge is 2.21. The van der Waals surface area contributed by atoms with Crippen LogP contribution in [0.2, 0.25) is 5.02 Å². The average Bonchev–Trinajstić information content (AvgIpc) is 2.32. The third kappa shape index (κ3) is 3.60. The number of hydrogen-bond donors (Lipinski definition) is 1. The van der Waals surface area contributed by atoms with Crippen molar-refractivity contribution < 1.29 is 4.79 Å². The molecule has 1 atom stereocenters. The molecule has 100 valence electrons. The molecule has 18 heavy (non-hydrogen) atoms. The molecule has 2 rings (SSSR count). The van der Waals surface area contributed by atoms with Crippen molar-refractivity contribution >= 4 is 45.8 Å². The number of benzene rings is 1. The summed E-state index contributed by atoms with van der Waals surface area (Å²) in [4.78, 5) is 14.1. The van der Waals surface area contributed by atoms with E-state index in [4.69, 9.17) is 11.6 Å². The lowest BCUT2D eigenvalue weighted by Gasteiger charge is -2.32. The molecule has 1 unspecified atom stereocenters. The van der Waals surface area contributed by atoms with Crippen molar-refractivity contribution in [2.75, 3.05) is 19.6 Å². The summed E-state index contributed by atoms with van der Waals surface area (Å²) in [7, 11) is 0. The first-order chi connectivity index (χ1) is 8.08. The molecule has 1 aromatic rings. The molecule has 1 aliphatic heterocycles. The summed E-state index contributed by atoms with van der Waals surface area (Å²) >= 11 is 9.25. The van der Waals surface area contributed by atoms with Crippen molar-refractivity contribution in [2.45, 2.75) is 13.0 Å². The molecule has 1 aromatic carbocycles. The maximum absolute atomic E-state index is 12.2. The Bertz CT molecular complexity index is 442. The molecule has 0 spiro atoms. The van der Waals surface area contributed by atoms with Crippen LogP contribution >= 0.6 is 39.9 Å². The Hall–Kier alpha value is -0.290. The normalized spacial score (nSPS) is 19.3. The van der Waals surface area contributed by atoms with Gasteiger partial charge in [0.05, 0.1) is 5.02 Å². The van der Waals surface area contributed by atoms with Crippen molar-refractivity contribution in [3.8, 4) is 0 Å². The number of piperazine rings is 1. The van der Waals surface area contributed by atoms with Gasteiger partial charge < -0.3 is 10.2 Å². The molecule has 1 aliphatic rings. The number of carbonyl (C=O) groups is 1. The number of rotatable bonds is 1. The summed E-state index contributed by atoms with van der Waals surface area (Å²) in [5.74, 6) is 0.0655. The van der Waals surface area contributed by atoms with Crippen LogP contribution in [-0.2, 0) is 0 Å².